The van der Waals surface area contributed by atoms with Crippen molar-refractivity contribution in [2.75, 3.05) is 12.4 Å². The first-order valence-corrected chi connectivity index (χ1v) is 7.08. The van der Waals surface area contributed by atoms with E-state index < -0.39 is 0 Å². The summed E-state index contributed by atoms with van der Waals surface area (Å²) in [7, 11) is 1.77. The maximum Gasteiger partial charge on any atom is 0.321 e. The smallest absolute Gasteiger partial charge is 0.321 e. The Morgan fingerprint density at radius 1 is 1.24 bits per heavy atom. The Balaban J connectivity index is 1.93. The summed E-state index contributed by atoms with van der Waals surface area (Å²) in [5, 5.41) is 3.52. The van der Waals surface area contributed by atoms with Gasteiger partial charge in [-0.25, -0.2) is 4.79 Å². The van der Waals surface area contributed by atoms with Crippen molar-refractivity contribution in [1.82, 2.24) is 4.90 Å². The Hall–Kier alpha value is -2.04. The number of anilines is 1. The average Bonchev–Trinajstić information content (AvgIpc) is 2.47. The molecular formula is C16H16ClN3O. The number of nitrogens with two attached hydrogens (primary N) is 1. The van der Waals surface area contributed by atoms with Crippen LogP contribution in [0.15, 0.2) is 42.5 Å². The van der Waals surface area contributed by atoms with E-state index >= 15 is 0 Å². The van der Waals surface area contributed by atoms with Crippen LogP contribution in [0.4, 0.5) is 10.5 Å². The van der Waals surface area contributed by atoms with Gasteiger partial charge in [0.1, 0.15) is 0 Å². The van der Waals surface area contributed by atoms with E-state index in [1.165, 1.54) is 0 Å². The molecule has 3 rings (SSSR count). The van der Waals surface area contributed by atoms with E-state index in [1.807, 2.05) is 42.5 Å². The highest BCUT2D eigenvalue weighted by molar-refractivity contribution is 6.30. The monoisotopic (exact) mass is 301 g/mol. The summed E-state index contributed by atoms with van der Waals surface area (Å²) in [6, 6.07) is 13.1. The van der Waals surface area contributed by atoms with E-state index in [2.05, 4.69) is 5.32 Å². The highest BCUT2D eigenvalue weighted by Crippen LogP contribution is 2.28. The zero-order valence-corrected chi connectivity index (χ0v) is 12.4. The number of rotatable bonds is 2. The van der Waals surface area contributed by atoms with Crippen LogP contribution in [0.3, 0.4) is 0 Å². The first kappa shape index (κ1) is 13.9. The fourth-order valence-corrected chi connectivity index (χ4v) is 2.69. The van der Waals surface area contributed by atoms with Crippen molar-refractivity contribution in [3.05, 3.63) is 64.2 Å². The molecule has 4 nitrogen and oxygen atoms in total. The molecule has 2 aromatic rings. The SMILES string of the molecule is CN1Cc2cc(C(N)c3cccc(Cl)c3)ccc2NC1=O. The summed E-state index contributed by atoms with van der Waals surface area (Å²) < 4.78 is 0. The zero-order valence-electron chi connectivity index (χ0n) is 11.6. The fourth-order valence-electron chi connectivity index (χ4n) is 2.49. The van der Waals surface area contributed by atoms with E-state index in [0.717, 1.165) is 22.4 Å². The Kier molecular flexibility index (Phi) is 3.57. The van der Waals surface area contributed by atoms with Crippen molar-refractivity contribution < 1.29 is 4.79 Å². The molecule has 0 aliphatic carbocycles. The molecule has 3 N–H and O–H groups in total. The van der Waals surface area contributed by atoms with Gasteiger partial charge in [-0.15, -0.1) is 0 Å². The van der Waals surface area contributed by atoms with Crippen LogP contribution in [0.1, 0.15) is 22.7 Å². The van der Waals surface area contributed by atoms with Crippen LogP contribution in [0.25, 0.3) is 0 Å². The molecule has 1 atom stereocenters. The minimum absolute atomic E-state index is 0.0885. The number of hydrogen-bond donors (Lipinski definition) is 2. The lowest BCUT2D eigenvalue weighted by molar-refractivity contribution is 0.218. The molecule has 0 saturated carbocycles. The van der Waals surface area contributed by atoms with Crippen LogP contribution >= 0.6 is 11.6 Å². The van der Waals surface area contributed by atoms with Gasteiger partial charge in [0.2, 0.25) is 0 Å². The van der Waals surface area contributed by atoms with E-state index in [1.54, 1.807) is 11.9 Å². The zero-order chi connectivity index (χ0) is 15.0. The highest BCUT2D eigenvalue weighted by Gasteiger charge is 2.20. The van der Waals surface area contributed by atoms with Gasteiger partial charge < -0.3 is 16.0 Å². The number of carbonyl (C=O) groups excluding carboxylic acids is 1. The van der Waals surface area contributed by atoms with Crippen molar-refractivity contribution in [3.8, 4) is 0 Å². The summed E-state index contributed by atoms with van der Waals surface area (Å²) in [6.45, 7) is 0.581. The molecule has 0 bridgehead atoms. The standard InChI is InChI=1S/C16H16ClN3O/c1-20-9-12-7-11(5-6-14(12)19-16(20)21)15(18)10-3-2-4-13(17)8-10/h2-8,15H,9,18H2,1H3,(H,19,21). The number of benzene rings is 2. The van der Waals surface area contributed by atoms with Crippen LogP contribution in [0.2, 0.25) is 5.02 Å². The van der Waals surface area contributed by atoms with Gasteiger partial charge in [0.05, 0.1) is 6.04 Å². The molecular weight excluding hydrogens is 286 g/mol. The van der Waals surface area contributed by atoms with Crippen LogP contribution in [-0.2, 0) is 6.54 Å². The summed E-state index contributed by atoms with van der Waals surface area (Å²) in [6.07, 6.45) is 0. The number of carbonyl (C=O) groups is 1. The predicted octanol–water partition coefficient (Wildman–Crippen LogP) is 3.37. The molecule has 2 aromatic carbocycles. The highest BCUT2D eigenvalue weighted by atomic mass is 35.5. The third-order valence-electron chi connectivity index (χ3n) is 3.69. The summed E-state index contributed by atoms with van der Waals surface area (Å²) >= 11 is 6.02. The maximum absolute atomic E-state index is 11.6. The number of hydrogen-bond acceptors (Lipinski definition) is 2. The Labute approximate surface area is 128 Å². The van der Waals surface area contributed by atoms with Crippen LogP contribution in [0.5, 0.6) is 0 Å². The Bertz CT molecular complexity index is 702. The molecule has 2 amide bonds. The molecule has 21 heavy (non-hydrogen) atoms. The van der Waals surface area contributed by atoms with Gasteiger partial charge in [0, 0.05) is 24.3 Å². The number of fused-ring (bicyclic) bond motifs is 1. The van der Waals surface area contributed by atoms with Gasteiger partial charge in [-0.1, -0.05) is 35.9 Å². The van der Waals surface area contributed by atoms with Crippen LogP contribution in [-0.4, -0.2) is 18.0 Å². The first-order chi connectivity index (χ1) is 10.0. The quantitative estimate of drug-likeness (QED) is 0.893. The number of nitrogens with zero attached hydrogens (tertiary/aromatic N) is 1. The van der Waals surface area contributed by atoms with Gasteiger partial charge in [0.25, 0.3) is 0 Å². The number of urea groups is 1. The second-order valence-corrected chi connectivity index (χ2v) is 5.67. The van der Waals surface area contributed by atoms with Crippen molar-refractivity contribution in [1.29, 1.82) is 0 Å². The third kappa shape index (κ3) is 2.73. The fraction of sp³-hybridized carbons (Fsp3) is 0.188. The number of halogens is 1. The minimum Gasteiger partial charge on any atom is -0.323 e. The summed E-state index contributed by atoms with van der Waals surface area (Å²) in [5.74, 6) is 0. The lowest BCUT2D eigenvalue weighted by atomic mass is 9.96. The van der Waals surface area contributed by atoms with Crippen molar-refractivity contribution in [3.63, 3.8) is 0 Å². The lowest BCUT2D eigenvalue weighted by Crippen LogP contribution is -2.35. The third-order valence-corrected chi connectivity index (χ3v) is 3.93. The summed E-state index contributed by atoms with van der Waals surface area (Å²) in [5.41, 5.74) is 10.2. The summed E-state index contributed by atoms with van der Waals surface area (Å²) in [4.78, 5) is 13.2. The van der Waals surface area contributed by atoms with Gasteiger partial charge in [0.15, 0.2) is 0 Å². The molecule has 0 radical (unpaired) electrons. The van der Waals surface area contributed by atoms with Crippen LogP contribution < -0.4 is 11.1 Å². The molecule has 1 aliphatic heterocycles. The second-order valence-electron chi connectivity index (χ2n) is 5.24. The Morgan fingerprint density at radius 3 is 2.76 bits per heavy atom. The van der Waals surface area contributed by atoms with Gasteiger partial charge >= 0.3 is 6.03 Å². The molecule has 0 spiro atoms. The topological polar surface area (TPSA) is 58.4 Å². The van der Waals surface area contributed by atoms with Crippen molar-refractivity contribution >= 4 is 23.3 Å². The first-order valence-electron chi connectivity index (χ1n) is 6.70. The number of amides is 2. The van der Waals surface area contributed by atoms with Crippen molar-refractivity contribution in [2.24, 2.45) is 5.73 Å². The predicted molar refractivity (Wildman–Crippen MR) is 84.4 cm³/mol. The van der Waals surface area contributed by atoms with E-state index in [9.17, 15) is 4.79 Å². The molecule has 1 aliphatic rings. The van der Waals surface area contributed by atoms with Crippen molar-refractivity contribution in [2.45, 2.75) is 12.6 Å². The molecule has 1 unspecified atom stereocenters. The van der Waals surface area contributed by atoms with E-state index in [-0.39, 0.29) is 12.1 Å². The van der Waals surface area contributed by atoms with Gasteiger partial charge in [-0.2, -0.15) is 0 Å². The molecule has 0 aromatic heterocycles. The minimum atomic E-state index is -0.239. The average molecular weight is 302 g/mol. The molecule has 5 heteroatoms. The molecule has 0 fully saturated rings. The molecule has 1 heterocycles. The largest absolute Gasteiger partial charge is 0.323 e. The molecule has 0 saturated heterocycles. The van der Waals surface area contributed by atoms with Gasteiger partial charge in [-0.05, 0) is 34.9 Å². The lowest BCUT2D eigenvalue weighted by Gasteiger charge is -2.27. The van der Waals surface area contributed by atoms with Gasteiger partial charge in [-0.3, -0.25) is 0 Å². The molecule has 108 valence electrons. The normalized spacial score (nSPS) is 15.4. The Morgan fingerprint density at radius 2 is 2.00 bits per heavy atom. The van der Waals surface area contributed by atoms with E-state index in [4.69, 9.17) is 17.3 Å². The second kappa shape index (κ2) is 5.39. The maximum atomic E-state index is 11.6. The van der Waals surface area contributed by atoms with Crippen LogP contribution in [0, 0.1) is 0 Å². The van der Waals surface area contributed by atoms with E-state index in [0.29, 0.717) is 11.6 Å². The number of nitrogens with one attached hydrogen (secondary N) is 1.